The summed E-state index contributed by atoms with van der Waals surface area (Å²) >= 11 is 1.76. The number of imidazole rings is 1. The molecule has 3 aromatic rings. The van der Waals surface area contributed by atoms with Crippen molar-refractivity contribution in [2.24, 2.45) is 14.1 Å². The summed E-state index contributed by atoms with van der Waals surface area (Å²) in [5, 5.41) is 0. The molecule has 0 aliphatic rings. The van der Waals surface area contributed by atoms with Crippen LogP contribution in [0.1, 0.15) is 17.5 Å². The fourth-order valence-electron chi connectivity index (χ4n) is 2.86. The fourth-order valence-corrected chi connectivity index (χ4v) is 3.92. The molecular weight excluding hydrogens is 336 g/mol. The van der Waals surface area contributed by atoms with E-state index in [9.17, 15) is 9.59 Å². The number of thioether (sulfide) groups is 1. The van der Waals surface area contributed by atoms with E-state index in [-0.39, 0.29) is 11.2 Å². The van der Waals surface area contributed by atoms with Crippen molar-refractivity contribution < 1.29 is 0 Å². The molecule has 0 amide bonds. The molecule has 0 spiro atoms. The minimum absolute atomic E-state index is 0.269. The van der Waals surface area contributed by atoms with Gasteiger partial charge in [-0.1, -0.05) is 17.7 Å². The second-order valence-corrected chi connectivity index (χ2v) is 7.43. The molecule has 132 valence electrons. The van der Waals surface area contributed by atoms with Crippen LogP contribution < -0.4 is 11.2 Å². The lowest BCUT2D eigenvalue weighted by atomic mass is 10.2. The Kier molecular flexibility index (Phi) is 4.85. The molecule has 0 radical (unpaired) electrons. The first kappa shape index (κ1) is 17.5. The fraction of sp³-hybridized carbons (Fsp3) is 0.389. The lowest BCUT2D eigenvalue weighted by Crippen LogP contribution is -2.39. The van der Waals surface area contributed by atoms with E-state index in [0.717, 1.165) is 12.2 Å². The van der Waals surface area contributed by atoms with E-state index in [0.29, 0.717) is 17.7 Å². The minimum Gasteiger partial charge on any atom is -0.328 e. The summed E-state index contributed by atoms with van der Waals surface area (Å²) in [6, 6.07) is 6.40. The number of benzene rings is 1. The number of hydrogen-bond acceptors (Lipinski definition) is 4. The summed E-state index contributed by atoms with van der Waals surface area (Å²) in [6.45, 7) is 4.58. The third-order valence-corrected chi connectivity index (χ3v) is 5.57. The third-order valence-electron chi connectivity index (χ3n) is 4.33. The number of hydrogen-bond donors (Lipinski definition) is 0. The van der Waals surface area contributed by atoms with Gasteiger partial charge >= 0.3 is 5.69 Å². The van der Waals surface area contributed by atoms with Gasteiger partial charge in [0.25, 0.3) is 5.56 Å². The van der Waals surface area contributed by atoms with Gasteiger partial charge < -0.3 is 4.57 Å². The second kappa shape index (κ2) is 6.92. The van der Waals surface area contributed by atoms with E-state index >= 15 is 0 Å². The second-order valence-electron chi connectivity index (χ2n) is 6.30. The topological polar surface area (TPSA) is 61.8 Å². The van der Waals surface area contributed by atoms with Gasteiger partial charge in [-0.25, -0.2) is 9.78 Å². The van der Waals surface area contributed by atoms with E-state index in [4.69, 9.17) is 0 Å². The Balaban J connectivity index is 1.78. The van der Waals surface area contributed by atoms with Crippen LogP contribution in [0.5, 0.6) is 0 Å². The van der Waals surface area contributed by atoms with Crippen molar-refractivity contribution in [3.05, 3.63) is 56.5 Å². The summed E-state index contributed by atoms with van der Waals surface area (Å²) in [5.74, 6) is 0.851. The Morgan fingerprint density at radius 2 is 1.92 bits per heavy atom. The zero-order valence-corrected chi connectivity index (χ0v) is 15.8. The van der Waals surface area contributed by atoms with Crippen LogP contribution in [0.2, 0.25) is 0 Å². The van der Waals surface area contributed by atoms with Crippen molar-refractivity contribution in [2.75, 3.05) is 5.75 Å². The number of nitrogens with zero attached hydrogens (tertiary/aromatic N) is 4. The molecule has 0 unspecified atom stereocenters. The molecule has 2 heterocycles. The van der Waals surface area contributed by atoms with Crippen LogP contribution in [0.4, 0.5) is 0 Å². The maximum Gasteiger partial charge on any atom is 0.332 e. The van der Waals surface area contributed by atoms with Gasteiger partial charge in [0.2, 0.25) is 0 Å². The number of fused-ring (bicyclic) bond motifs is 1. The van der Waals surface area contributed by atoms with Crippen molar-refractivity contribution in [1.82, 2.24) is 18.7 Å². The van der Waals surface area contributed by atoms with Gasteiger partial charge in [-0.3, -0.25) is 13.9 Å². The summed E-state index contributed by atoms with van der Waals surface area (Å²) in [6.07, 6.45) is 2.31. The SMILES string of the molecule is Cc1ccc(C)c(SCCCn2c(=O)c3c(ncn3C)n(C)c2=O)c1. The van der Waals surface area contributed by atoms with Gasteiger partial charge in [0.05, 0.1) is 6.33 Å². The molecule has 0 N–H and O–H groups in total. The first-order valence-electron chi connectivity index (χ1n) is 8.21. The van der Waals surface area contributed by atoms with E-state index in [2.05, 4.69) is 37.0 Å². The molecule has 0 atom stereocenters. The van der Waals surface area contributed by atoms with E-state index < -0.39 is 0 Å². The van der Waals surface area contributed by atoms with Crippen LogP contribution in [0.25, 0.3) is 11.2 Å². The average Bonchev–Trinajstić information content (AvgIpc) is 2.97. The lowest BCUT2D eigenvalue weighted by Gasteiger charge is -2.09. The number of rotatable bonds is 5. The van der Waals surface area contributed by atoms with Crippen LogP contribution >= 0.6 is 11.8 Å². The summed E-state index contributed by atoms with van der Waals surface area (Å²) in [5.41, 5.74) is 2.80. The summed E-state index contributed by atoms with van der Waals surface area (Å²) in [7, 11) is 3.42. The Hall–Kier alpha value is -2.28. The zero-order chi connectivity index (χ0) is 18.1. The molecule has 0 aliphatic carbocycles. The third kappa shape index (κ3) is 3.28. The Bertz CT molecular complexity index is 1050. The predicted molar refractivity (Wildman–Crippen MR) is 101 cm³/mol. The van der Waals surface area contributed by atoms with Gasteiger partial charge in [0.1, 0.15) is 0 Å². The standard InChI is InChI=1S/C18H22N4O2S/c1-12-6-7-13(2)14(10-12)25-9-5-8-22-17(23)15-16(19-11-20(15)3)21(4)18(22)24/h6-7,10-11H,5,8-9H2,1-4H3. The van der Waals surface area contributed by atoms with Crippen LogP contribution in [0.3, 0.4) is 0 Å². The quantitative estimate of drug-likeness (QED) is 0.518. The Morgan fingerprint density at radius 1 is 1.16 bits per heavy atom. The molecule has 0 saturated heterocycles. The highest BCUT2D eigenvalue weighted by Crippen LogP contribution is 2.24. The highest BCUT2D eigenvalue weighted by molar-refractivity contribution is 7.99. The molecule has 0 aliphatic heterocycles. The minimum atomic E-state index is -0.312. The Morgan fingerprint density at radius 3 is 2.68 bits per heavy atom. The molecule has 2 aromatic heterocycles. The van der Waals surface area contributed by atoms with Crippen LogP contribution in [-0.2, 0) is 20.6 Å². The number of aryl methyl sites for hydroxylation is 4. The summed E-state index contributed by atoms with van der Waals surface area (Å²) in [4.78, 5) is 30.5. The van der Waals surface area contributed by atoms with E-state index in [1.807, 2.05) is 0 Å². The molecule has 3 rings (SSSR count). The molecule has 7 heteroatoms. The van der Waals surface area contributed by atoms with Gasteiger partial charge in [0, 0.05) is 25.5 Å². The Labute approximate surface area is 150 Å². The zero-order valence-electron chi connectivity index (χ0n) is 14.9. The van der Waals surface area contributed by atoms with Gasteiger partial charge in [-0.2, -0.15) is 0 Å². The highest BCUT2D eigenvalue weighted by atomic mass is 32.2. The van der Waals surface area contributed by atoms with Gasteiger partial charge in [0.15, 0.2) is 11.2 Å². The molecule has 6 nitrogen and oxygen atoms in total. The first-order valence-corrected chi connectivity index (χ1v) is 9.19. The monoisotopic (exact) mass is 358 g/mol. The van der Waals surface area contributed by atoms with E-state index in [1.165, 1.54) is 25.2 Å². The predicted octanol–water partition coefficient (Wildman–Crippen LogP) is 2.23. The van der Waals surface area contributed by atoms with Crippen molar-refractivity contribution >= 4 is 22.9 Å². The lowest BCUT2D eigenvalue weighted by molar-refractivity contribution is 0.594. The average molecular weight is 358 g/mol. The molecule has 0 saturated carbocycles. The van der Waals surface area contributed by atoms with Crippen molar-refractivity contribution in [3.63, 3.8) is 0 Å². The molecular formula is C18H22N4O2S. The smallest absolute Gasteiger partial charge is 0.328 e. The largest absolute Gasteiger partial charge is 0.332 e. The van der Waals surface area contributed by atoms with Gasteiger partial charge in [-0.05, 0) is 37.7 Å². The van der Waals surface area contributed by atoms with Gasteiger partial charge in [-0.15, -0.1) is 11.8 Å². The highest BCUT2D eigenvalue weighted by Gasteiger charge is 2.14. The maximum absolute atomic E-state index is 12.6. The van der Waals surface area contributed by atoms with Crippen molar-refractivity contribution in [2.45, 2.75) is 31.7 Å². The maximum atomic E-state index is 12.6. The number of aromatic nitrogens is 4. The molecule has 0 fully saturated rings. The summed E-state index contributed by atoms with van der Waals surface area (Å²) < 4.78 is 4.42. The van der Waals surface area contributed by atoms with Crippen LogP contribution in [-0.4, -0.2) is 24.4 Å². The first-order chi connectivity index (χ1) is 11.9. The molecule has 25 heavy (non-hydrogen) atoms. The van der Waals surface area contributed by atoms with Crippen LogP contribution in [0.15, 0.2) is 39.0 Å². The molecule has 1 aromatic carbocycles. The molecule has 0 bridgehead atoms. The van der Waals surface area contributed by atoms with Crippen molar-refractivity contribution in [3.8, 4) is 0 Å². The van der Waals surface area contributed by atoms with Crippen molar-refractivity contribution in [1.29, 1.82) is 0 Å². The normalized spacial score (nSPS) is 11.4. The van der Waals surface area contributed by atoms with Crippen LogP contribution in [0, 0.1) is 13.8 Å². The van der Waals surface area contributed by atoms with E-state index in [1.54, 1.807) is 36.8 Å².